The number of halogens is 1. The molecule has 0 N–H and O–H groups in total. The lowest BCUT2D eigenvalue weighted by atomic mass is 9.98. The molecule has 0 bridgehead atoms. The third kappa shape index (κ3) is 2.90. The minimum Gasteiger partial charge on any atom is -0.493 e. The minimum atomic E-state index is -0.465. The zero-order valence-electron chi connectivity index (χ0n) is 12.8. The highest BCUT2D eigenvalue weighted by molar-refractivity contribution is 6.14. The van der Waals surface area contributed by atoms with E-state index < -0.39 is 5.82 Å². The molecule has 4 nitrogen and oxygen atoms in total. The van der Waals surface area contributed by atoms with Crippen LogP contribution in [0.1, 0.15) is 15.9 Å². The highest BCUT2D eigenvalue weighted by Crippen LogP contribution is 2.31. The molecule has 0 saturated carbocycles. The van der Waals surface area contributed by atoms with Gasteiger partial charge in [-0.05, 0) is 42.0 Å². The van der Waals surface area contributed by atoms with Crippen molar-refractivity contribution >= 4 is 11.9 Å². The molecular weight excluding hydrogens is 299 g/mol. The molecule has 2 aromatic rings. The van der Waals surface area contributed by atoms with E-state index in [1.54, 1.807) is 32.4 Å². The molecule has 5 heteroatoms. The van der Waals surface area contributed by atoms with Crippen LogP contribution in [0.4, 0.5) is 4.39 Å². The van der Waals surface area contributed by atoms with Gasteiger partial charge in [-0.15, -0.1) is 0 Å². The summed E-state index contributed by atoms with van der Waals surface area (Å²) in [6.07, 6.45) is 1.71. The second-order valence-corrected chi connectivity index (χ2v) is 5.04. The molecule has 2 aromatic carbocycles. The summed E-state index contributed by atoms with van der Waals surface area (Å²) in [6, 6.07) is 9.26. The molecule has 0 amide bonds. The summed E-state index contributed by atoms with van der Waals surface area (Å²) in [6.45, 7) is 0.145. The molecule has 0 fully saturated rings. The highest BCUT2D eigenvalue weighted by Gasteiger charge is 2.23. The Morgan fingerprint density at radius 1 is 1.09 bits per heavy atom. The fourth-order valence-corrected chi connectivity index (χ4v) is 2.45. The number of rotatable bonds is 3. The third-order valence-electron chi connectivity index (χ3n) is 3.61. The van der Waals surface area contributed by atoms with Gasteiger partial charge in [0.25, 0.3) is 0 Å². The Morgan fingerprint density at radius 2 is 1.87 bits per heavy atom. The summed E-state index contributed by atoms with van der Waals surface area (Å²) in [5.41, 5.74) is 1.47. The quantitative estimate of drug-likeness (QED) is 0.813. The van der Waals surface area contributed by atoms with Gasteiger partial charge in [0.15, 0.2) is 17.3 Å². The second kappa shape index (κ2) is 6.12. The van der Waals surface area contributed by atoms with Crippen LogP contribution in [0.5, 0.6) is 17.2 Å². The summed E-state index contributed by atoms with van der Waals surface area (Å²) in [5, 5.41) is 0. The van der Waals surface area contributed by atoms with Crippen molar-refractivity contribution in [3.63, 3.8) is 0 Å². The van der Waals surface area contributed by atoms with E-state index in [9.17, 15) is 9.18 Å². The molecular formula is C18H15FO4. The fourth-order valence-electron chi connectivity index (χ4n) is 2.45. The lowest BCUT2D eigenvalue weighted by Gasteiger charge is -2.18. The SMILES string of the molecule is COc1ccc(/C=C2\COc3ccc(F)cc3C2=O)cc1OC. The Hall–Kier alpha value is -2.82. The highest BCUT2D eigenvalue weighted by atomic mass is 19.1. The molecule has 0 aromatic heterocycles. The second-order valence-electron chi connectivity index (χ2n) is 5.04. The number of ether oxygens (including phenoxy) is 3. The smallest absolute Gasteiger partial charge is 0.196 e. The molecule has 0 spiro atoms. The van der Waals surface area contributed by atoms with E-state index in [0.717, 1.165) is 5.56 Å². The third-order valence-corrected chi connectivity index (χ3v) is 3.61. The predicted molar refractivity (Wildman–Crippen MR) is 83.7 cm³/mol. The van der Waals surface area contributed by atoms with Gasteiger partial charge in [0.05, 0.1) is 19.8 Å². The molecule has 1 aliphatic heterocycles. The van der Waals surface area contributed by atoms with E-state index in [1.807, 2.05) is 6.07 Å². The van der Waals surface area contributed by atoms with Gasteiger partial charge in [-0.25, -0.2) is 4.39 Å². The first-order valence-electron chi connectivity index (χ1n) is 7.02. The number of hydrogen-bond donors (Lipinski definition) is 0. The lowest BCUT2D eigenvalue weighted by Crippen LogP contribution is -2.19. The van der Waals surface area contributed by atoms with Crippen LogP contribution < -0.4 is 14.2 Å². The Balaban J connectivity index is 1.96. The van der Waals surface area contributed by atoms with Gasteiger partial charge in [-0.2, -0.15) is 0 Å². The van der Waals surface area contributed by atoms with Crippen LogP contribution in [0.15, 0.2) is 42.0 Å². The van der Waals surface area contributed by atoms with Crippen molar-refractivity contribution < 1.29 is 23.4 Å². The summed E-state index contributed by atoms with van der Waals surface area (Å²) in [5.74, 6) is 0.875. The number of Topliss-reactive ketones (excluding diaryl/α,β-unsaturated/α-hetero) is 1. The maximum Gasteiger partial charge on any atom is 0.196 e. The fraction of sp³-hybridized carbons (Fsp3) is 0.167. The maximum atomic E-state index is 13.3. The van der Waals surface area contributed by atoms with E-state index in [0.29, 0.717) is 22.8 Å². The van der Waals surface area contributed by atoms with Crippen LogP contribution in [-0.4, -0.2) is 26.6 Å². The monoisotopic (exact) mass is 314 g/mol. The number of carbonyl (C=O) groups is 1. The van der Waals surface area contributed by atoms with Crippen LogP contribution >= 0.6 is 0 Å². The molecule has 0 unspecified atom stereocenters. The van der Waals surface area contributed by atoms with Crippen molar-refractivity contribution in [2.24, 2.45) is 0 Å². The molecule has 1 heterocycles. The number of hydrogen-bond acceptors (Lipinski definition) is 4. The number of carbonyl (C=O) groups excluding carboxylic acids is 1. The zero-order chi connectivity index (χ0) is 16.4. The number of fused-ring (bicyclic) bond motifs is 1. The molecule has 0 saturated heterocycles. The van der Waals surface area contributed by atoms with Crippen LogP contribution in [0.3, 0.4) is 0 Å². The van der Waals surface area contributed by atoms with Gasteiger partial charge in [0, 0.05) is 5.57 Å². The molecule has 0 atom stereocenters. The summed E-state index contributed by atoms with van der Waals surface area (Å²) >= 11 is 0. The number of benzene rings is 2. The Morgan fingerprint density at radius 3 is 2.61 bits per heavy atom. The average molecular weight is 314 g/mol. The molecule has 118 valence electrons. The summed E-state index contributed by atoms with van der Waals surface area (Å²) < 4.78 is 29.3. The van der Waals surface area contributed by atoms with Crippen molar-refractivity contribution in [1.29, 1.82) is 0 Å². The molecule has 0 aliphatic carbocycles. The topological polar surface area (TPSA) is 44.8 Å². The van der Waals surface area contributed by atoms with Gasteiger partial charge in [0.2, 0.25) is 0 Å². The first-order chi connectivity index (χ1) is 11.1. The van der Waals surface area contributed by atoms with Crippen LogP contribution in [0.2, 0.25) is 0 Å². The van der Waals surface area contributed by atoms with Gasteiger partial charge >= 0.3 is 0 Å². The Labute approximate surface area is 133 Å². The standard InChI is InChI=1S/C18H15FO4/c1-21-16-5-3-11(8-17(16)22-2)7-12-10-23-15-6-4-13(19)9-14(15)18(12)20/h3-9H,10H2,1-2H3/b12-7+. The normalized spacial score (nSPS) is 15.1. The Kier molecular flexibility index (Phi) is 4.02. The van der Waals surface area contributed by atoms with E-state index in [-0.39, 0.29) is 18.0 Å². The Bertz CT molecular complexity index is 796. The van der Waals surface area contributed by atoms with Crippen molar-refractivity contribution in [3.8, 4) is 17.2 Å². The van der Waals surface area contributed by atoms with E-state index in [2.05, 4.69) is 0 Å². The van der Waals surface area contributed by atoms with Crippen molar-refractivity contribution in [2.75, 3.05) is 20.8 Å². The predicted octanol–water partition coefficient (Wildman–Crippen LogP) is 3.50. The van der Waals surface area contributed by atoms with E-state index in [4.69, 9.17) is 14.2 Å². The number of ketones is 1. The van der Waals surface area contributed by atoms with E-state index in [1.165, 1.54) is 18.2 Å². The summed E-state index contributed by atoms with van der Waals surface area (Å²) in [7, 11) is 3.10. The molecule has 1 aliphatic rings. The van der Waals surface area contributed by atoms with Gasteiger partial charge in [-0.3, -0.25) is 4.79 Å². The van der Waals surface area contributed by atoms with Gasteiger partial charge < -0.3 is 14.2 Å². The van der Waals surface area contributed by atoms with Crippen LogP contribution in [0, 0.1) is 5.82 Å². The van der Waals surface area contributed by atoms with Crippen molar-refractivity contribution in [2.45, 2.75) is 0 Å². The van der Waals surface area contributed by atoms with Gasteiger partial charge in [-0.1, -0.05) is 6.07 Å². The lowest BCUT2D eigenvalue weighted by molar-refractivity contribution is 0.1000. The molecule has 3 rings (SSSR count). The zero-order valence-corrected chi connectivity index (χ0v) is 12.8. The summed E-state index contributed by atoms with van der Waals surface area (Å²) in [4.78, 5) is 12.5. The molecule has 0 radical (unpaired) electrons. The van der Waals surface area contributed by atoms with Crippen molar-refractivity contribution in [1.82, 2.24) is 0 Å². The van der Waals surface area contributed by atoms with Crippen LogP contribution in [-0.2, 0) is 0 Å². The van der Waals surface area contributed by atoms with E-state index >= 15 is 0 Å². The molecule has 23 heavy (non-hydrogen) atoms. The van der Waals surface area contributed by atoms with Crippen LogP contribution in [0.25, 0.3) is 6.08 Å². The first kappa shape index (κ1) is 15.1. The average Bonchev–Trinajstić information content (AvgIpc) is 2.57. The maximum absolute atomic E-state index is 13.3. The van der Waals surface area contributed by atoms with Crippen molar-refractivity contribution in [3.05, 3.63) is 58.9 Å². The minimum absolute atomic E-state index is 0.145. The number of methoxy groups -OCH3 is 2. The van der Waals surface area contributed by atoms with Gasteiger partial charge in [0.1, 0.15) is 18.2 Å². The largest absolute Gasteiger partial charge is 0.493 e. The first-order valence-corrected chi connectivity index (χ1v) is 7.02.